The van der Waals surface area contributed by atoms with Crippen LogP contribution >= 0.6 is 0 Å². The van der Waals surface area contributed by atoms with E-state index in [1.54, 1.807) is 21.3 Å². The highest BCUT2D eigenvalue weighted by atomic mass is 16.6. The number of aliphatic hydroxyl groups excluding tert-OH is 2. The Labute approximate surface area is 207 Å². The number of likely N-dealkylation sites (N-methyl/N-ethyl adjacent to an activating group) is 1. The van der Waals surface area contributed by atoms with Crippen molar-refractivity contribution in [2.24, 2.45) is 34.5 Å². The smallest absolute Gasteiger partial charge is 0.302 e. The van der Waals surface area contributed by atoms with Gasteiger partial charge in [-0.2, -0.15) is 0 Å². The van der Waals surface area contributed by atoms with Crippen molar-refractivity contribution in [3.8, 4) is 0 Å². The lowest BCUT2D eigenvalue weighted by molar-refractivity contribution is -0.324. The molecule has 3 N–H and O–H groups in total. The average molecular weight is 496 g/mol. The van der Waals surface area contributed by atoms with Gasteiger partial charge in [0.1, 0.15) is 17.3 Å². The Balaban J connectivity index is 1.65. The van der Waals surface area contributed by atoms with Crippen LogP contribution in [0.15, 0.2) is 0 Å². The lowest BCUT2D eigenvalue weighted by atomic mass is 9.42. The lowest BCUT2D eigenvalue weighted by Gasteiger charge is -2.70. The van der Waals surface area contributed by atoms with Crippen molar-refractivity contribution in [2.45, 2.75) is 81.2 Å². The second-order valence-corrected chi connectivity index (χ2v) is 12.2. The molecule has 1 spiro atoms. The zero-order valence-electron chi connectivity index (χ0n) is 21.5. The van der Waals surface area contributed by atoms with Gasteiger partial charge in [-0.1, -0.05) is 6.92 Å². The molecule has 13 atom stereocenters. The molecule has 5 saturated carbocycles. The zero-order chi connectivity index (χ0) is 25.1. The molecule has 0 aromatic heterocycles. The summed E-state index contributed by atoms with van der Waals surface area (Å²) in [6.45, 7) is 5.31. The number of likely N-dealkylation sites (tertiary alicyclic amines) is 1. The van der Waals surface area contributed by atoms with Crippen molar-refractivity contribution in [1.29, 1.82) is 0 Å². The first kappa shape index (κ1) is 24.5. The fourth-order valence-electron chi connectivity index (χ4n) is 11.1. The van der Waals surface area contributed by atoms with Crippen LogP contribution in [-0.2, 0) is 23.7 Å². The summed E-state index contributed by atoms with van der Waals surface area (Å²) in [6.07, 6.45) is -0.207. The number of rotatable bonds is 6. The van der Waals surface area contributed by atoms with Crippen LogP contribution in [-0.4, -0.2) is 109 Å². The molecule has 0 aromatic rings. The van der Waals surface area contributed by atoms with Crippen LogP contribution in [0.2, 0.25) is 0 Å². The molecular formula is C26H41NO8. The van der Waals surface area contributed by atoms with E-state index < -0.39 is 46.4 Å². The third kappa shape index (κ3) is 2.43. The van der Waals surface area contributed by atoms with E-state index in [1.807, 2.05) is 0 Å². The van der Waals surface area contributed by atoms with Crippen molar-refractivity contribution < 1.29 is 39.1 Å². The molecule has 1 aliphatic heterocycles. The van der Waals surface area contributed by atoms with Crippen LogP contribution in [0.1, 0.15) is 39.5 Å². The number of piperidine rings is 1. The molecule has 5 aliphatic carbocycles. The van der Waals surface area contributed by atoms with E-state index in [4.69, 9.17) is 18.9 Å². The minimum Gasteiger partial charge on any atom is -0.462 e. The Morgan fingerprint density at radius 3 is 2.54 bits per heavy atom. The summed E-state index contributed by atoms with van der Waals surface area (Å²) in [4.78, 5) is 14.6. The molecule has 7 bridgehead atoms. The Morgan fingerprint density at radius 2 is 1.94 bits per heavy atom. The Morgan fingerprint density at radius 1 is 1.20 bits per heavy atom. The van der Waals surface area contributed by atoms with Crippen LogP contribution in [0.4, 0.5) is 0 Å². The molecule has 35 heavy (non-hydrogen) atoms. The lowest BCUT2D eigenvalue weighted by Crippen LogP contribution is -2.82. The van der Waals surface area contributed by atoms with Gasteiger partial charge in [0.15, 0.2) is 0 Å². The third-order valence-corrected chi connectivity index (χ3v) is 11.6. The van der Waals surface area contributed by atoms with Crippen LogP contribution < -0.4 is 0 Å². The van der Waals surface area contributed by atoms with Crippen LogP contribution in [0.5, 0.6) is 0 Å². The van der Waals surface area contributed by atoms with Gasteiger partial charge in [0.05, 0.1) is 31.0 Å². The molecule has 1 heterocycles. The predicted octanol–water partition coefficient (Wildman–Crippen LogP) is 0.188. The highest BCUT2D eigenvalue weighted by Gasteiger charge is 2.91. The van der Waals surface area contributed by atoms with E-state index >= 15 is 0 Å². The molecule has 1 unspecified atom stereocenters. The van der Waals surface area contributed by atoms with Gasteiger partial charge in [-0.3, -0.25) is 9.69 Å². The minimum atomic E-state index is -1.67. The van der Waals surface area contributed by atoms with E-state index in [2.05, 4.69) is 11.8 Å². The van der Waals surface area contributed by atoms with Crippen molar-refractivity contribution >= 4 is 5.97 Å². The predicted molar refractivity (Wildman–Crippen MR) is 123 cm³/mol. The quantitative estimate of drug-likeness (QED) is 0.444. The largest absolute Gasteiger partial charge is 0.462 e. The maximum absolute atomic E-state index is 13.0. The number of ether oxygens (including phenoxy) is 4. The van der Waals surface area contributed by atoms with E-state index in [9.17, 15) is 20.1 Å². The molecule has 6 rings (SSSR count). The first-order valence-corrected chi connectivity index (χ1v) is 13.2. The molecule has 6 fully saturated rings. The average Bonchev–Trinajstić information content (AvgIpc) is 3.19. The van der Waals surface area contributed by atoms with E-state index in [-0.39, 0.29) is 35.7 Å². The van der Waals surface area contributed by atoms with E-state index in [1.165, 1.54) is 6.92 Å². The monoisotopic (exact) mass is 495 g/mol. The zero-order valence-corrected chi connectivity index (χ0v) is 21.5. The van der Waals surface area contributed by atoms with Crippen LogP contribution in [0.25, 0.3) is 0 Å². The SMILES string of the molecule is CCN1C[C@]2(COC)CC[C@H](O)[C@]34C1[C@](O)([C@H](O)[C@H]23)[C@@]1(OC)C[C@H](OC)[C@H]2C[C@@H]4[C@@H]1[C@H]2OC(C)=O. The van der Waals surface area contributed by atoms with Crippen molar-refractivity contribution in [1.82, 2.24) is 4.90 Å². The van der Waals surface area contributed by atoms with Crippen molar-refractivity contribution in [3.63, 3.8) is 0 Å². The number of hydrogen-bond acceptors (Lipinski definition) is 9. The number of methoxy groups -OCH3 is 3. The molecule has 0 aromatic carbocycles. The first-order valence-electron chi connectivity index (χ1n) is 13.2. The highest BCUT2D eigenvalue weighted by molar-refractivity contribution is 5.66. The number of nitrogens with zero attached hydrogens (tertiary/aromatic N) is 1. The topological polar surface area (TPSA) is 118 Å². The standard InChI is InChI=1S/C26H41NO8/c1-6-27-11-23(12-32-3)8-7-17(29)25-15-9-14-16(33-4)10-24(34-5,18(15)19(14)35-13(2)28)26(31,22(25)27)21(30)20(23)25/h14-22,29-31H,6-12H2,1-5H3/t14-,15-,16+,17+,18-,19+,20-,21-,22?,23+,24-,25+,26-/m1/s1. The van der Waals surface area contributed by atoms with E-state index in [0.717, 1.165) is 6.42 Å². The molecule has 0 amide bonds. The summed E-state index contributed by atoms with van der Waals surface area (Å²) in [7, 11) is 4.93. The molecule has 1 saturated heterocycles. The number of hydrogen-bond donors (Lipinski definition) is 3. The molecule has 198 valence electrons. The second-order valence-electron chi connectivity index (χ2n) is 12.2. The maximum atomic E-state index is 13.0. The summed E-state index contributed by atoms with van der Waals surface area (Å²) >= 11 is 0. The maximum Gasteiger partial charge on any atom is 0.302 e. The molecule has 9 nitrogen and oxygen atoms in total. The van der Waals surface area contributed by atoms with Gasteiger partial charge in [-0.05, 0) is 31.7 Å². The van der Waals surface area contributed by atoms with Gasteiger partial charge < -0.3 is 34.3 Å². The molecular weight excluding hydrogens is 454 g/mol. The fraction of sp³-hybridized carbons (Fsp3) is 0.962. The van der Waals surface area contributed by atoms with Gasteiger partial charge >= 0.3 is 5.97 Å². The van der Waals surface area contributed by atoms with Gasteiger partial charge in [-0.25, -0.2) is 0 Å². The first-order chi connectivity index (χ1) is 16.6. The summed E-state index contributed by atoms with van der Waals surface area (Å²) in [5.74, 6) is -1.24. The number of fused-ring (bicyclic) bond motifs is 2. The Kier molecular flexibility index (Phi) is 5.34. The third-order valence-electron chi connectivity index (χ3n) is 11.6. The molecule has 6 aliphatic rings. The summed E-state index contributed by atoms with van der Waals surface area (Å²) in [5, 5.41) is 37.2. The number of esters is 1. The summed E-state index contributed by atoms with van der Waals surface area (Å²) < 4.78 is 24.1. The number of aliphatic hydroxyl groups is 3. The van der Waals surface area contributed by atoms with Crippen LogP contribution in [0, 0.1) is 34.5 Å². The van der Waals surface area contributed by atoms with E-state index in [0.29, 0.717) is 39.0 Å². The van der Waals surface area contributed by atoms with Crippen molar-refractivity contribution in [2.75, 3.05) is 41.0 Å². The second kappa shape index (κ2) is 7.62. The van der Waals surface area contributed by atoms with Gasteiger partial charge in [0, 0.05) is 69.8 Å². The highest BCUT2D eigenvalue weighted by Crippen LogP contribution is 2.80. The van der Waals surface area contributed by atoms with Gasteiger partial charge in [-0.15, -0.1) is 0 Å². The van der Waals surface area contributed by atoms with Crippen LogP contribution in [0.3, 0.4) is 0 Å². The molecule has 0 radical (unpaired) electrons. The number of carbonyl (C=O) groups is 1. The number of carbonyl (C=O) groups excluding carboxylic acids is 1. The summed E-state index contributed by atoms with van der Waals surface area (Å²) in [6, 6.07) is -0.478. The summed E-state index contributed by atoms with van der Waals surface area (Å²) in [5.41, 5.74) is -4.02. The van der Waals surface area contributed by atoms with Gasteiger partial charge in [0.25, 0.3) is 0 Å². The van der Waals surface area contributed by atoms with Gasteiger partial charge in [0.2, 0.25) is 0 Å². The Hall–Kier alpha value is -0.810. The molecule has 9 heteroatoms. The minimum absolute atomic E-state index is 0.0570. The fourth-order valence-corrected chi connectivity index (χ4v) is 11.1. The van der Waals surface area contributed by atoms with Crippen molar-refractivity contribution in [3.05, 3.63) is 0 Å². The normalized spacial score (nSPS) is 57.9. The Bertz CT molecular complexity index is 903.